The molecule has 1 heterocycles. The van der Waals surface area contributed by atoms with Gasteiger partial charge in [0.2, 0.25) is 5.91 Å². The summed E-state index contributed by atoms with van der Waals surface area (Å²) in [5.41, 5.74) is 3.11. The fourth-order valence-electron chi connectivity index (χ4n) is 2.61. The maximum Gasteiger partial charge on any atom is 0.273 e. The summed E-state index contributed by atoms with van der Waals surface area (Å²) in [5.74, 6) is -1.20. The molecule has 0 aliphatic carbocycles. The molecule has 3 N–H and O–H groups in total. The summed E-state index contributed by atoms with van der Waals surface area (Å²) in [7, 11) is -1.79. The van der Waals surface area contributed by atoms with Crippen molar-refractivity contribution in [1.29, 1.82) is 0 Å². The molecule has 2 atom stereocenters. The number of halogens is 1. The molecular formula is C20H21ClN4O3S. The van der Waals surface area contributed by atoms with Crippen molar-refractivity contribution in [3.63, 3.8) is 0 Å². The summed E-state index contributed by atoms with van der Waals surface area (Å²) < 4.78 is 13.1. The first-order chi connectivity index (χ1) is 13.7. The van der Waals surface area contributed by atoms with Gasteiger partial charge in [0.05, 0.1) is 21.4 Å². The zero-order valence-electron chi connectivity index (χ0n) is 16.2. The van der Waals surface area contributed by atoms with Crippen LogP contribution in [0, 0.1) is 0 Å². The molecule has 2 aromatic carbocycles. The number of hydrazone groups is 1. The zero-order chi connectivity index (χ0) is 21.2. The number of carbonyl (C=O) groups excluding carboxylic acids is 2. The number of hydrogen-bond donors (Lipinski definition) is 3. The second-order valence-electron chi connectivity index (χ2n) is 7.49. The van der Waals surface area contributed by atoms with Gasteiger partial charge in [-0.25, -0.2) is 0 Å². The highest BCUT2D eigenvalue weighted by atomic mass is 35.5. The van der Waals surface area contributed by atoms with E-state index in [2.05, 4.69) is 21.2 Å². The number of benzene rings is 2. The van der Waals surface area contributed by atoms with Crippen LogP contribution >= 0.6 is 11.6 Å². The highest BCUT2D eigenvalue weighted by Gasteiger charge is 2.40. The van der Waals surface area contributed by atoms with E-state index < -0.39 is 33.4 Å². The van der Waals surface area contributed by atoms with Crippen molar-refractivity contribution in [3.8, 4) is 0 Å². The van der Waals surface area contributed by atoms with Crippen molar-refractivity contribution in [2.75, 3.05) is 10.6 Å². The molecule has 2 aromatic rings. The third-order valence-corrected chi connectivity index (χ3v) is 5.78. The molecule has 29 heavy (non-hydrogen) atoms. The van der Waals surface area contributed by atoms with E-state index >= 15 is 0 Å². The monoisotopic (exact) mass is 432 g/mol. The molecule has 0 radical (unpaired) electrons. The fraction of sp³-hybridized carbons (Fsp3) is 0.250. The molecule has 0 bridgehead atoms. The molecule has 0 aromatic heterocycles. The minimum atomic E-state index is -1.79. The van der Waals surface area contributed by atoms with E-state index in [4.69, 9.17) is 11.6 Å². The lowest BCUT2D eigenvalue weighted by Crippen LogP contribution is -2.48. The van der Waals surface area contributed by atoms with Crippen LogP contribution in [0.4, 0.5) is 11.4 Å². The first kappa shape index (κ1) is 21.0. The van der Waals surface area contributed by atoms with Gasteiger partial charge in [-0.3, -0.25) is 13.8 Å². The van der Waals surface area contributed by atoms with Crippen LogP contribution in [0.3, 0.4) is 0 Å². The van der Waals surface area contributed by atoms with Gasteiger partial charge in [-0.15, -0.1) is 0 Å². The highest BCUT2D eigenvalue weighted by molar-refractivity contribution is 7.88. The van der Waals surface area contributed by atoms with E-state index in [1.807, 2.05) is 20.8 Å². The summed E-state index contributed by atoms with van der Waals surface area (Å²) >= 11 is 5.97. The predicted molar refractivity (Wildman–Crippen MR) is 116 cm³/mol. The Morgan fingerprint density at radius 1 is 1.17 bits per heavy atom. The number of rotatable bonds is 4. The van der Waals surface area contributed by atoms with Gasteiger partial charge in [-0.05, 0) is 51.1 Å². The number of hydrogen-bond acceptors (Lipinski definition) is 5. The topological polar surface area (TPSA) is 99.7 Å². The largest absolute Gasteiger partial charge is 0.324 e. The van der Waals surface area contributed by atoms with Crippen LogP contribution in [-0.2, 0) is 20.4 Å². The molecule has 1 aliphatic rings. The van der Waals surface area contributed by atoms with Crippen LogP contribution in [-0.4, -0.2) is 32.5 Å². The molecule has 152 valence electrons. The molecule has 2 amide bonds. The van der Waals surface area contributed by atoms with E-state index in [1.54, 1.807) is 48.5 Å². The number of para-hydroxylation sites is 1. The summed E-state index contributed by atoms with van der Waals surface area (Å²) in [6, 6.07) is 13.4. The molecule has 0 spiro atoms. The minimum absolute atomic E-state index is 0.176. The van der Waals surface area contributed by atoms with Gasteiger partial charge < -0.3 is 16.1 Å². The van der Waals surface area contributed by atoms with E-state index in [9.17, 15) is 13.8 Å². The average molecular weight is 433 g/mol. The standard InChI is InChI=1S/C20H21ClN4O3S/c1-20(2,3)25-24-16(18(26)22-13-8-6-7-12(21)11-13)17-19(27)23-14-9-4-5-10-15(14)29(17)28/h4-11,17,25H,1-3H3,(H,22,26)(H,23,27)/b24-16+. The highest BCUT2D eigenvalue weighted by Crippen LogP contribution is 2.28. The number of anilines is 2. The van der Waals surface area contributed by atoms with Crippen LogP contribution in [0.1, 0.15) is 20.8 Å². The fourth-order valence-corrected chi connectivity index (χ4v) is 4.22. The lowest BCUT2D eigenvalue weighted by Gasteiger charge is -2.26. The van der Waals surface area contributed by atoms with Crippen LogP contribution in [0.5, 0.6) is 0 Å². The second-order valence-corrected chi connectivity index (χ2v) is 9.43. The van der Waals surface area contributed by atoms with Crippen LogP contribution in [0.2, 0.25) is 5.02 Å². The van der Waals surface area contributed by atoms with E-state index in [1.165, 1.54) is 0 Å². The average Bonchev–Trinajstić information content (AvgIpc) is 2.63. The molecule has 7 nitrogen and oxygen atoms in total. The lowest BCUT2D eigenvalue weighted by molar-refractivity contribution is -0.116. The third-order valence-electron chi connectivity index (χ3n) is 3.89. The molecule has 0 fully saturated rings. The van der Waals surface area contributed by atoms with Crippen molar-refractivity contribution < 1.29 is 13.8 Å². The maximum atomic E-state index is 13.1. The Labute approximate surface area is 176 Å². The Balaban J connectivity index is 1.98. The van der Waals surface area contributed by atoms with Gasteiger partial charge in [-0.1, -0.05) is 29.8 Å². The van der Waals surface area contributed by atoms with Gasteiger partial charge in [-0.2, -0.15) is 5.10 Å². The molecular weight excluding hydrogens is 412 g/mol. The number of nitrogens with zero attached hydrogens (tertiary/aromatic N) is 1. The normalized spacial score (nSPS) is 19.2. The van der Waals surface area contributed by atoms with Crippen LogP contribution < -0.4 is 16.1 Å². The Morgan fingerprint density at radius 3 is 2.59 bits per heavy atom. The molecule has 1 aliphatic heterocycles. The molecule has 0 saturated carbocycles. The number of nitrogens with one attached hydrogen (secondary N) is 3. The zero-order valence-corrected chi connectivity index (χ0v) is 17.7. The lowest BCUT2D eigenvalue weighted by atomic mass is 10.1. The third kappa shape index (κ3) is 5.02. The summed E-state index contributed by atoms with van der Waals surface area (Å²) in [6.07, 6.45) is 0. The van der Waals surface area contributed by atoms with Crippen molar-refractivity contribution in [2.45, 2.75) is 36.5 Å². The Hall–Kier alpha value is -2.71. The van der Waals surface area contributed by atoms with Gasteiger partial charge in [0.15, 0.2) is 11.0 Å². The minimum Gasteiger partial charge on any atom is -0.324 e. The van der Waals surface area contributed by atoms with Crippen LogP contribution in [0.25, 0.3) is 0 Å². The number of carbonyl (C=O) groups is 2. The quantitative estimate of drug-likeness (QED) is 0.510. The molecule has 3 rings (SSSR count). The number of amides is 2. The van der Waals surface area contributed by atoms with Crippen molar-refractivity contribution in [3.05, 3.63) is 53.6 Å². The SMILES string of the molecule is CC(C)(C)N/N=C(/C(=O)Nc1cccc(Cl)c1)C1C(=O)Nc2ccccc2S1=O. The molecule has 2 unspecified atom stereocenters. The van der Waals surface area contributed by atoms with E-state index in [0.29, 0.717) is 21.3 Å². The smallest absolute Gasteiger partial charge is 0.273 e. The first-order valence-corrected chi connectivity index (χ1v) is 10.5. The Kier molecular flexibility index (Phi) is 6.04. The summed E-state index contributed by atoms with van der Waals surface area (Å²) in [5, 5.41) is 8.74. The predicted octanol–water partition coefficient (Wildman–Crippen LogP) is 3.15. The second kappa shape index (κ2) is 8.34. The van der Waals surface area contributed by atoms with Gasteiger partial charge >= 0.3 is 0 Å². The summed E-state index contributed by atoms with van der Waals surface area (Å²) in [4.78, 5) is 26.2. The van der Waals surface area contributed by atoms with E-state index in [-0.39, 0.29) is 5.71 Å². The van der Waals surface area contributed by atoms with Crippen molar-refractivity contribution >= 4 is 51.3 Å². The van der Waals surface area contributed by atoms with Gasteiger partial charge in [0, 0.05) is 16.2 Å². The van der Waals surface area contributed by atoms with Crippen LogP contribution in [0.15, 0.2) is 58.5 Å². The van der Waals surface area contributed by atoms with E-state index in [0.717, 1.165) is 0 Å². The number of fused-ring (bicyclic) bond motifs is 1. The van der Waals surface area contributed by atoms with Gasteiger partial charge in [0.25, 0.3) is 5.91 Å². The van der Waals surface area contributed by atoms with Crippen molar-refractivity contribution in [2.24, 2.45) is 5.10 Å². The molecule has 9 heteroatoms. The van der Waals surface area contributed by atoms with Crippen molar-refractivity contribution in [1.82, 2.24) is 5.43 Å². The maximum absolute atomic E-state index is 13.1. The molecule has 0 saturated heterocycles. The van der Waals surface area contributed by atoms with Gasteiger partial charge in [0.1, 0.15) is 0 Å². The Bertz CT molecular complexity index is 1020. The first-order valence-electron chi connectivity index (χ1n) is 8.88. The summed E-state index contributed by atoms with van der Waals surface area (Å²) in [6.45, 7) is 5.57. The Morgan fingerprint density at radius 2 is 1.90 bits per heavy atom.